The summed E-state index contributed by atoms with van der Waals surface area (Å²) in [7, 11) is 0. The van der Waals surface area contributed by atoms with Gasteiger partial charge in [0.05, 0.1) is 11.8 Å². The van der Waals surface area contributed by atoms with Crippen LogP contribution in [0.2, 0.25) is 0 Å². The Balaban J connectivity index is 2.04. The zero-order valence-electron chi connectivity index (χ0n) is 19.4. The molecule has 2 aromatic rings. The molecule has 6 heteroatoms. The third kappa shape index (κ3) is 3.52. The van der Waals surface area contributed by atoms with Gasteiger partial charge in [-0.15, -0.1) is 0 Å². The summed E-state index contributed by atoms with van der Waals surface area (Å²) in [6.07, 6.45) is 0. The Labute approximate surface area is 200 Å². The molecule has 0 saturated heterocycles. The standard InChI is InChI=1S/C26H30Cl2N2O2/c1-25(2,3)21-15-11-7-9-13-17(15)29(31)23(27)19(21)20-22(26(4,5)6)16-12-8-10-14-18(16)30(32)24(20)28/h7-14,19-22H,1-6H3. The third-order valence-electron chi connectivity index (χ3n) is 6.89. The minimum atomic E-state index is -0.439. The van der Waals surface area contributed by atoms with Gasteiger partial charge >= 0.3 is 0 Å². The smallest absolute Gasteiger partial charge is 0.266 e. The van der Waals surface area contributed by atoms with Gasteiger partial charge in [0.15, 0.2) is 0 Å². The molecule has 0 aliphatic carbocycles. The highest BCUT2D eigenvalue weighted by molar-refractivity contribution is 6.67. The van der Waals surface area contributed by atoms with Crippen LogP contribution in [0.5, 0.6) is 0 Å². The van der Waals surface area contributed by atoms with Crippen LogP contribution in [0.1, 0.15) is 64.5 Å². The second-order valence-corrected chi connectivity index (χ2v) is 11.9. The first-order chi connectivity index (χ1) is 14.9. The Bertz CT molecular complexity index is 1040. The van der Waals surface area contributed by atoms with E-state index < -0.39 is 11.8 Å². The quantitative estimate of drug-likeness (QED) is 0.319. The first-order valence-electron chi connectivity index (χ1n) is 11.0. The second kappa shape index (κ2) is 7.78. The summed E-state index contributed by atoms with van der Waals surface area (Å²) in [6, 6.07) is 15.2. The molecule has 2 aromatic carbocycles. The van der Waals surface area contributed by atoms with E-state index in [4.69, 9.17) is 23.2 Å². The van der Waals surface area contributed by atoms with Crippen LogP contribution in [0.3, 0.4) is 0 Å². The maximum Gasteiger partial charge on any atom is 0.266 e. The van der Waals surface area contributed by atoms with Crippen LogP contribution in [0.25, 0.3) is 0 Å². The second-order valence-electron chi connectivity index (χ2n) is 11.1. The van der Waals surface area contributed by atoms with Crippen molar-refractivity contribution in [2.45, 2.75) is 53.4 Å². The number of nitrogens with zero attached hydrogens (tertiary/aromatic N) is 2. The van der Waals surface area contributed by atoms with Crippen LogP contribution in [0.15, 0.2) is 48.5 Å². The number of para-hydroxylation sites is 2. The largest absolute Gasteiger partial charge is 0.617 e. The average molecular weight is 473 g/mol. The number of rotatable bonds is 1. The van der Waals surface area contributed by atoms with E-state index in [1.54, 1.807) is 0 Å². The summed E-state index contributed by atoms with van der Waals surface area (Å²) in [5, 5.41) is 27.0. The van der Waals surface area contributed by atoms with Gasteiger partial charge in [0.2, 0.25) is 11.4 Å². The van der Waals surface area contributed by atoms with Gasteiger partial charge in [-0.25, -0.2) is 0 Å². The SMILES string of the molecule is CC(C)(C)C1c2ccccc2[N+]([O-])=C(Cl)C1C1C(Cl)=[N+]([O-])c2ccccc2C1C(C)(C)C. The molecule has 2 aliphatic rings. The average Bonchev–Trinajstić information content (AvgIpc) is 2.71. The number of hydrogen-bond acceptors (Lipinski definition) is 2. The van der Waals surface area contributed by atoms with E-state index in [0.29, 0.717) is 11.4 Å². The number of fused-ring (bicyclic) bond motifs is 2. The van der Waals surface area contributed by atoms with Crippen LogP contribution in [0.4, 0.5) is 11.4 Å². The van der Waals surface area contributed by atoms with Gasteiger partial charge in [-0.05, 0) is 34.0 Å². The Hall–Kier alpha value is -2.04. The van der Waals surface area contributed by atoms with E-state index in [2.05, 4.69) is 41.5 Å². The molecule has 4 rings (SSSR count). The minimum Gasteiger partial charge on any atom is -0.617 e. The molecule has 0 aromatic heterocycles. The van der Waals surface area contributed by atoms with Gasteiger partial charge in [-0.2, -0.15) is 9.48 Å². The summed E-state index contributed by atoms with van der Waals surface area (Å²) in [5.74, 6) is -1.08. The highest BCUT2D eigenvalue weighted by Crippen LogP contribution is 2.58. The third-order valence-corrected chi connectivity index (χ3v) is 7.70. The van der Waals surface area contributed by atoms with Crippen molar-refractivity contribution in [1.29, 1.82) is 0 Å². The molecule has 4 unspecified atom stereocenters. The fraction of sp³-hybridized carbons (Fsp3) is 0.462. The van der Waals surface area contributed by atoms with Gasteiger partial charge in [0.25, 0.3) is 10.3 Å². The highest BCUT2D eigenvalue weighted by atomic mass is 35.5. The van der Waals surface area contributed by atoms with Crippen molar-refractivity contribution in [3.8, 4) is 0 Å². The predicted octanol–water partition coefficient (Wildman–Crippen LogP) is 7.46. The Morgan fingerprint density at radius 2 is 0.938 bits per heavy atom. The molecule has 4 nitrogen and oxygen atoms in total. The maximum absolute atomic E-state index is 13.3. The van der Waals surface area contributed by atoms with E-state index in [0.717, 1.165) is 20.6 Å². The molecule has 0 N–H and O–H groups in total. The van der Waals surface area contributed by atoms with Crippen molar-refractivity contribution in [1.82, 2.24) is 0 Å². The lowest BCUT2D eigenvalue weighted by atomic mass is 9.57. The van der Waals surface area contributed by atoms with Crippen molar-refractivity contribution < 1.29 is 9.48 Å². The molecule has 2 aliphatic heterocycles. The molecule has 0 amide bonds. The van der Waals surface area contributed by atoms with Crippen molar-refractivity contribution in [3.63, 3.8) is 0 Å². The van der Waals surface area contributed by atoms with E-state index in [9.17, 15) is 10.4 Å². The fourth-order valence-corrected chi connectivity index (χ4v) is 6.46. The van der Waals surface area contributed by atoms with E-state index in [1.165, 1.54) is 0 Å². The van der Waals surface area contributed by atoms with E-state index >= 15 is 0 Å². The van der Waals surface area contributed by atoms with Crippen LogP contribution in [-0.2, 0) is 0 Å². The molecule has 170 valence electrons. The highest BCUT2D eigenvalue weighted by Gasteiger charge is 2.57. The molecule has 32 heavy (non-hydrogen) atoms. The first kappa shape index (κ1) is 23.1. The summed E-state index contributed by atoms with van der Waals surface area (Å²) in [5.41, 5.74) is 2.55. The van der Waals surface area contributed by atoms with Crippen LogP contribution >= 0.6 is 23.2 Å². The van der Waals surface area contributed by atoms with Crippen LogP contribution in [-0.4, -0.2) is 19.8 Å². The van der Waals surface area contributed by atoms with Crippen LogP contribution < -0.4 is 0 Å². The molecule has 0 radical (unpaired) electrons. The summed E-state index contributed by atoms with van der Waals surface area (Å²) in [4.78, 5) is 0. The van der Waals surface area contributed by atoms with Gasteiger partial charge in [-0.3, -0.25) is 0 Å². The minimum absolute atomic E-state index is 0.0985. The van der Waals surface area contributed by atoms with Crippen molar-refractivity contribution in [3.05, 3.63) is 70.1 Å². The molecule has 4 atom stereocenters. The zero-order chi connectivity index (χ0) is 23.6. The van der Waals surface area contributed by atoms with Gasteiger partial charge < -0.3 is 10.4 Å². The van der Waals surface area contributed by atoms with Gasteiger partial charge in [0.1, 0.15) is 0 Å². The summed E-state index contributed by atoms with van der Waals surface area (Å²) < 4.78 is 1.65. The molecule has 0 fully saturated rings. The first-order valence-corrected chi connectivity index (χ1v) is 11.8. The normalized spacial score (nSPS) is 26.1. The lowest BCUT2D eigenvalue weighted by Crippen LogP contribution is -2.48. The van der Waals surface area contributed by atoms with Crippen molar-refractivity contribution in [2.75, 3.05) is 0 Å². The number of hydrogen-bond donors (Lipinski definition) is 0. The fourth-order valence-electron chi connectivity index (χ4n) is 5.76. The zero-order valence-corrected chi connectivity index (χ0v) is 20.9. The lowest BCUT2D eigenvalue weighted by Gasteiger charge is -2.47. The lowest BCUT2D eigenvalue weighted by molar-refractivity contribution is -0.372. The summed E-state index contributed by atoms with van der Waals surface area (Å²) in [6.45, 7) is 12.9. The predicted molar refractivity (Wildman–Crippen MR) is 133 cm³/mol. The molecule has 0 saturated carbocycles. The molecule has 0 spiro atoms. The Kier molecular flexibility index (Phi) is 5.62. The maximum atomic E-state index is 13.3. The van der Waals surface area contributed by atoms with Gasteiger partial charge in [0, 0.05) is 35.1 Å². The molecular formula is C26H30Cl2N2O2. The topological polar surface area (TPSA) is 52.1 Å². The molecular weight excluding hydrogens is 443 g/mol. The summed E-state index contributed by atoms with van der Waals surface area (Å²) >= 11 is 13.8. The van der Waals surface area contributed by atoms with E-state index in [1.807, 2.05) is 48.5 Å². The number of halogens is 2. The molecule has 2 heterocycles. The van der Waals surface area contributed by atoms with Crippen molar-refractivity contribution in [2.24, 2.45) is 22.7 Å². The van der Waals surface area contributed by atoms with Crippen molar-refractivity contribution >= 4 is 44.9 Å². The Morgan fingerprint density at radius 3 is 1.25 bits per heavy atom. The van der Waals surface area contributed by atoms with Gasteiger partial charge in [-0.1, -0.05) is 77.9 Å². The number of benzene rings is 2. The Morgan fingerprint density at radius 1 is 0.625 bits per heavy atom. The van der Waals surface area contributed by atoms with E-state index in [-0.39, 0.29) is 33.0 Å². The van der Waals surface area contributed by atoms with Crippen LogP contribution in [0, 0.1) is 33.1 Å². The monoisotopic (exact) mass is 472 g/mol. The molecule has 0 bridgehead atoms.